The van der Waals surface area contributed by atoms with Crippen LogP contribution in [0.5, 0.6) is 0 Å². The van der Waals surface area contributed by atoms with E-state index in [2.05, 4.69) is 4.72 Å². The van der Waals surface area contributed by atoms with E-state index in [1.54, 1.807) is 11.8 Å². The van der Waals surface area contributed by atoms with Crippen molar-refractivity contribution in [1.82, 2.24) is 4.72 Å². The van der Waals surface area contributed by atoms with Crippen LogP contribution in [0.1, 0.15) is 29.6 Å². The van der Waals surface area contributed by atoms with Crippen LogP contribution in [0.15, 0.2) is 29.2 Å². The lowest BCUT2D eigenvalue weighted by Crippen LogP contribution is -2.33. The summed E-state index contributed by atoms with van der Waals surface area (Å²) in [5.74, 6) is -1.07. The summed E-state index contributed by atoms with van der Waals surface area (Å²) in [6.45, 7) is 0. The molecule has 0 aromatic heterocycles. The highest BCUT2D eigenvalue weighted by atomic mass is 32.2. The molecule has 0 spiro atoms. The van der Waals surface area contributed by atoms with Crippen LogP contribution in [0, 0.1) is 0 Å². The number of nitrogens with one attached hydrogen (secondary N) is 1. The zero-order valence-electron chi connectivity index (χ0n) is 11.1. The van der Waals surface area contributed by atoms with Gasteiger partial charge in [-0.25, -0.2) is 17.9 Å². The zero-order chi connectivity index (χ0) is 14.8. The Balaban J connectivity index is 2.08. The molecule has 2 N–H and O–H groups in total. The summed E-state index contributed by atoms with van der Waals surface area (Å²) in [5.41, 5.74) is 0.0762. The Hall–Kier alpha value is -1.05. The molecule has 0 saturated heterocycles. The second-order valence-electron chi connectivity index (χ2n) is 4.82. The summed E-state index contributed by atoms with van der Waals surface area (Å²) in [4.78, 5) is 10.8. The summed E-state index contributed by atoms with van der Waals surface area (Å²) >= 11 is 1.76. The molecule has 1 saturated carbocycles. The minimum atomic E-state index is -3.57. The first-order valence-electron chi connectivity index (χ1n) is 6.31. The maximum Gasteiger partial charge on any atom is 0.335 e. The maximum absolute atomic E-state index is 12.2. The van der Waals surface area contributed by atoms with Crippen molar-refractivity contribution in [2.45, 2.75) is 35.4 Å². The second-order valence-corrected chi connectivity index (χ2v) is 7.67. The molecule has 1 fully saturated rings. The van der Waals surface area contributed by atoms with Gasteiger partial charge in [0.2, 0.25) is 10.0 Å². The number of thioether (sulfide) groups is 1. The molecule has 0 aliphatic heterocycles. The van der Waals surface area contributed by atoms with Gasteiger partial charge in [-0.2, -0.15) is 11.8 Å². The fourth-order valence-electron chi connectivity index (χ4n) is 2.33. The van der Waals surface area contributed by atoms with Crippen LogP contribution >= 0.6 is 11.8 Å². The molecule has 2 unspecified atom stereocenters. The third kappa shape index (κ3) is 3.53. The van der Waals surface area contributed by atoms with Crippen molar-refractivity contribution in [2.24, 2.45) is 0 Å². The van der Waals surface area contributed by atoms with Gasteiger partial charge < -0.3 is 5.11 Å². The lowest BCUT2D eigenvalue weighted by molar-refractivity contribution is 0.0696. The van der Waals surface area contributed by atoms with E-state index in [4.69, 9.17) is 5.11 Å². The first kappa shape index (κ1) is 15.3. The van der Waals surface area contributed by atoms with Gasteiger partial charge in [-0.1, -0.05) is 0 Å². The van der Waals surface area contributed by atoms with Crippen LogP contribution in [0.3, 0.4) is 0 Å². The number of rotatable bonds is 5. The van der Waals surface area contributed by atoms with Crippen LogP contribution in [0.4, 0.5) is 0 Å². The highest BCUT2D eigenvalue weighted by molar-refractivity contribution is 7.99. The Morgan fingerprint density at radius 2 is 1.95 bits per heavy atom. The van der Waals surface area contributed by atoms with Crippen molar-refractivity contribution in [3.8, 4) is 0 Å². The molecule has 0 amide bonds. The predicted octanol–water partition coefficient (Wildman–Crippen LogP) is 1.95. The van der Waals surface area contributed by atoms with Crippen LogP contribution in [0.2, 0.25) is 0 Å². The predicted molar refractivity (Wildman–Crippen MR) is 78.7 cm³/mol. The van der Waals surface area contributed by atoms with Gasteiger partial charge in [0.05, 0.1) is 10.5 Å². The molecule has 0 heterocycles. The molecule has 1 aromatic rings. The molecule has 0 bridgehead atoms. The monoisotopic (exact) mass is 315 g/mol. The lowest BCUT2D eigenvalue weighted by atomic mass is 10.2. The van der Waals surface area contributed by atoms with E-state index in [1.165, 1.54) is 24.3 Å². The van der Waals surface area contributed by atoms with E-state index in [-0.39, 0.29) is 16.5 Å². The van der Waals surface area contributed by atoms with Crippen molar-refractivity contribution in [2.75, 3.05) is 6.26 Å². The maximum atomic E-state index is 12.2. The lowest BCUT2D eigenvalue weighted by Gasteiger charge is -2.13. The SMILES string of the molecule is CSC1CCC(NS(=O)(=O)c2ccc(C(=O)O)cc2)C1. The fourth-order valence-corrected chi connectivity index (χ4v) is 4.41. The van der Waals surface area contributed by atoms with Crippen molar-refractivity contribution >= 4 is 27.8 Å². The topological polar surface area (TPSA) is 83.5 Å². The average molecular weight is 315 g/mol. The van der Waals surface area contributed by atoms with E-state index in [0.717, 1.165) is 19.3 Å². The fraction of sp³-hybridized carbons (Fsp3) is 0.462. The van der Waals surface area contributed by atoms with Gasteiger partial charge in [0, 0.05) is 11.3 Å². The van der Waals surface area contributed by atoms with E-state index in [0.29, 0.717) is 5.25 Å². The van der Waals surface area contributed by atoms with E-state index >= 15 is 0 Å². The molecule has 5 nitrogen and oxygen atoms in total. The third-order valence-electron chi connectivity index (χ3n) is 3.45. The largest absolute Gasteiger partial charge is 0.478 e. The van der Waals surface area contributed by atoms with Crippen LogP contribution in [-0.2, 0) is 10.0 Å². The van der Waals surface area contributed by atoms with E-state index in [9.17, 15) is 13.2 Å². The molecule has 110 valence electrons. The molecule has 1 aliphatic rings. The minimum absolute atomic E-state index is 0.0309. The normalized spacial score (nSPS) is 22.9. The molecule has 20 heavy (non-hydrogen) atoms. The van der Waals surface area contributed by atoms with Gasteiger partial charge in [0.15, 0.2) is 0 Å². The number of carboxylic acid groups (broad SMARTS) is 1. The Morgan fingerprint density at radius 1 is 1.30 bits per heavy atom. The highest BCUT2D eigenvalue weighted by Gasteiger charge is 2.28. The molecule has 7 heteroatoms. The molecule has 1 aromatic carbocycles. The Morgan fingerprint density at radius 3 is 2.45 bits per heavy atom. The molecule has 2 rings (SSSR count). The summed E-state index contributed by atoms with van der Waals surface area (Å²) in [5, 5.41) is 9.31. The van der Waals surface area contributed by atoms with Crippen LogP contribution in [0.25, 0.3) is 0 Å². The summed E-state index contributed by atoms with van der Waals surface area (Å²) in [7, 11) is -3.57. The van der Waals surface area contributed by atoms with Gasteiger partial charge >= 0.3 is 5.97 Å². The number of hydrogen-bond acceptors (Lipinski definition) is 4. The Bertz CT molecular complexity index is 583. The van der Waals surface area contributed by atoms with Gasteiger partial charge in [-0.05, 0) is 49.8 Å². The van der Waals surface area contributed by atoms with Gasteiger partial charge in [0.1, 0.15) is 0 Å². The number of hydrogen-bond donors (Lipinski definition) is 2. The zero-order valence-corrected chi connectivity index (χ0v) is 12.7. The summed E-state index contributed by atoms with van der Waals surface area (Å²) < 4.78 is 27.1. The molecular weight excluding hydrogens is 298 g/mol. The number of aromatic carboxylic acids is 1. The number of carboxylic acids is 1. The van der Waals surface area contributed by atoms with Crippen molar-refractivity contribution in [3.63, 3.8) is 0 Å². The molecular formula is C13H17NO4S2. The van der Waals surface area contributed by atoms with Crippen LogP contribution in [-0.4, -0.2) is 37.0 Å². The first-order chi connectivity index (χ1) is 9.42. The molecule has 2 atom stereocenters. The second kappa shape index (κ2) is 6.15. The van der Waals surface area contributed by atoms with E-state index < -0.39 is 16.0 Å². The third-order valence-corrected chi connectivity index (χ3v) is 6.08. The van der Waals surface area contributed by atoms with E-state index in [1.807, 2.05) is 6.26 Å². The Labute approximate surface area is 122 Å². The minimum Gasteiger partial charge on any atom is -0.478 e. The smallest absolute Gasteiger partial charge is 0.335 e. The highest BCUT2D eigenvalue weighted by Crippen LogP contribution is 2.29. The summed E-state index contributed by atoms with van der Waals surface area (Å²) in [6, 6.07) is 5.23. The Kier molecular flexibility index (Phi) is 4.72. The standard InChI is InChI=1S/C13H17NO4S2/c1-19-11-5-4-10(8-11)14-20(17,18)12-6-2-9(3-7-12)13(15)16/h2-3,6-7,10-11,14H,4-5,8H2,1H3,(H,15,16). The molecule has 0 radical (unpaired) electrons. The van der Waals surface area contributed by atoms with Gasteiger partial charge in [-0.15, -0.1) is 0 Å². The van der Waals surface area contributed by atoms with Gasteiger partial charge in [-0.3, -0.25) is 0 Å². The van der Waals surface area contributed by atoms with Crippen LogP contribution < -0.4 is 4.72 Å². The van der Waals surface area contributed by atoms with Crippen molar-refractivity contribution < 1.29 is 18.3 Å². The quantitative estimate of drug-likeness (QED) is 0.867. The van der Waals surface area contributed by atoms with Crippen molar-refractivity contribution in [3.05, 3.63) is 29.8 Å². The number of benzene rings is 1. The van der Waals surface area contributed by atoms with Gasteiger partial charge in [0.25, 0.3) is 0 Å². The molecule has 1 aliphatic carbocycles. The number of carbonyl (C=O) groups is 1. The summed E-state index contributed by atoms with van der Waals surface area (Å²) in [6.07, 6.45) is 4.74. The first-order valence-corrected chi connectivity index (χ1v) is 9.08. The van der Waals surface area contributed by atoms with Crippen molar-refractivity contribution in [1.29, 1.82) is 0 Å². The number of sulfonamides is 1. The average Bonchev–Trinajstić information content (AvgIpc) is 2.85.